The normalized spacial score (nSPS) is 14.9. The summed E-state index contributed by atoms with van der Waals surface area (Å²) in [4.78, 5) is 12.1. The van der Waals surface area contributed by atoms with Crippen LogP contribution in [0.2, 0.25) is 0 Å². The Morgan fingerprint density at radius 1 is 0.667 bits per heavy atom. The smallest absolute Gasteiger partial charge is 0.376 e. The van der Waals surface area contributed by atoms with E-state index in [9.17, 15) is 9.46 Å². The van der Waals surface area contributed by atoms with Crippen LogP contribution in [0.4, 0.5) is 0 Å². The van der Waals surface area contributed by atoms with Crippen LogP contribution in [-0.4, -0.2) is 30.9 Å². The fourth-order valence-electron chi connectivity index (χ4n) is 4.46. The van der Waals surface area contributed by atoms with Gasteiger partial charge in [0.2, 0.25) is 0 Å². The van der Waals surface area contributed by atoms with Gasteiger partial charge in [-0.2, -0.15) is 0 Å². The molecule has 0 N–H and O–H groups in total. The molecule has 0 aromatic heterocycles. The molecule has 30 heavy (non-hydrogen) atoms. The van der Waals surface area contributed by atoms with Crippen molar-refractivity contribution < 1.29 is 13.9 Å². The second kappa shape index (κ2) is 18.3. The Balaban J connectivity index is 3.66. The molecule has 178 valence electrons. The van der Waals surface area contributed by atoms with Gasteiger partial charge in [0.1, 0.15) is 0 Å². The van der Waals surface area contributed by atoms with Crippen molar-refractivity contribution >= 4 is 8.03 Å². The quantitative estimate of drug-likeness (QED) is 0.0779. The van der Waals surface area contributed by atoms with Gasteiger partial charge in [-0.3, -0.25) is 4.48 Å². The number of hydrogen-bond acceptors (Lipinski definition) is 2. The predicted octanol–water partition coefficient (Wildman–Crippen LogP) is 8.11. The second-order valence-corrected chi connectivity index (χ2v) is 11.4. The van der Waals surface area contributed by atoms with Crippen LogP contribution in [0.5, 0.6) is 0 Å². The summed E-state index contributed by atoms with van der Waals surface area (Å²) in [7, 11) is 3.68. The molecule has 0 saturated heterocycles. The van der Waals surface area contributed by atoms with E-state index in [1.807, 2.05) is 21.1 Å². The third-order valence-electron chi connectivity index (χ3n) is 6.56. The average Bonchev–Trinajstić information content (AvgIpc) is 2.68. The van der Waals surface area contributed by atoms with Crippen molar-refractivity contribution in [2.24, 2.45) is 0 Å². The first kappa shape index (κ1) is 29.8. The molecule has 4 heteroatoms. The Morgan fingerprint density at radius 2 is 1.10 bits per heavy atom. The molecule has 0 aliphatic heterocycles. The molecular weight excluding hydrogens is 389 g/mol. The Kier molecular flexibility index (Phi) is 18.2. The summed E-state index contributed by atoms with van der Waals surface area (Å²) in [6.45, 7) is 4.32. The van der Waals surface area contributed by atoms with Crippen molar-refractivity contribution in [3.63, 3.8) is 0 Å². The Bertz CT molecular complexity index is 445. The van der Waals surface area contributed by atoms with Gasteiger partial charge in [-0.15, -0.1) is 0 Å². The van der Waals surface area contributed by atoms with Gasteiger partial charge in [-0.25, -0.2) is 0 Å². The van der Waals surface area contributed by atoms with Gasteiger partial charge in [0.05, 0.1) is 21.1 Å². The van der Waals surface area contributed by atoms with Crippen molar-refractivity contribution in [3.8, 4) is 0 Å². The third kappa shape index (κ3) is 13.2. The lowest BCUT2D eigenvalue weighted by Crippen LogP contribution is -2.55. The zero-order valence-electron chi connectivity index (χ0n) is 21.1. The van der Waals surface area contributed by atoms with Crippen LogP contribution < -0.4 is 4.89 Å². The van der Waals surface area contributed by atoms with Crippen molar-refractivity contribution in [2.45, 2.75) is 135 Å². The van der Waals surface area contributed by atoms with Crippen molar-refractivity contribution in [1.82, 2.24) is 0 Å². The van der Waals surface area contributed by atoms with Crippen LogP contribution in [0, 0.1) is 0 Å². The molecule has 0 spiro atoms. The molecule has 0 aliphatic rings. The first-order chi connectivity index (χ1) is 14.3. The van der Waals surface area contributed by atoms with Gasteiger partial charge >= 0.3 is 8.03 Å². The van der Waals surface area contributed by atoms with Crippen molar-refractivity contribution in [1.29, 1.82) is 0 Å². The first-order valence-electron chi connectivity index (χ1n) is 12.9. The number of quaternary nitrogens is 1. The van der Waals surface area contributed by atoms with Crippen LogP contribution in [0.25, 0.3) is 0 Å². The molecule has 0 radical (unpaired) electrons. The van der Waals surface area contributed by atoms with Crippen LogP contribution in [0.3, 0.4) is 0 Å². The monoisotopic (exact) mass is 442 g/mol. The minimum absolute atomic E-state index is 0.523. The standard InChI is InChI=1S/C26H53NO2P/c1-6-8-9-10-11-12-13-14-15-16-17-18-19-20-21-22-23-25-26(24-7-2,30(28)29)27(3,4)5/h9-10H,6-8,11-25H2,1-5H3/q+1/b10-9-. The summed E-state index contributed by atoms with van der Waals surface area (Å²) in [6, 6.07) is 0. The molecule has 0 saturated carbocycles. The van der Waals surface area contributed by atoms with Gasteiger partial charge in [-0.1, -0.05) is 101 Å². The number of rotatable bonds is 21. The summed E-state index contributed by atoms with van der Waals surface area (Å²) >= 11 is 0. The van der Waals surface area contributed by atoms with Gasteiger partial charge in [0, 0.05) is 12.8 Å². The first-order valence-corrected chi connectivity index (χ1v) is 14.1. The van der Waals surface area contributed by atoms with Crippen LogP contribution >= 0.6 is 8.03 Å². The lowest BCUT2D eigenvalue weighted by molar-refractivity contribution is -0.910. The molecule has 2 atom stereocenters. The fraction of sp³-hybridized carbons (Fsp3) is 0.923. The highest BCUT2D eigenvalue weighted by atomic mass is 31.1. The Hall–Kier alpha value is -0.240. The maximum absolute atomic E-state index is 12.1. The lowest BCUT2D eigenvalue weighted by Gasteiger charge is -2.39. The zero-order chi connectivity index (χ0) is 22.7. The molecule has 0 bridgehead atoms. The van der Waals surface area contributed by atoms with E-state index in [1.54, 1.807) is 0 Å². The molecule has 0 amide bonds. The topological polar surface area (TPSA) is 40.1 Å². The van der Waals surface area contributed by atoms with E-state index in [0.717, 1.165) is 25.7 Å². The molecule has 0 heterocycles. The molecule has 0 aromatic carbocycles. The summed E-state index contributed by atoms with van der Waals surface area (Å²) in [5, 5.41) is -0.587. The van der Waals surface area contributed by atoms with E-state index < -0.39 is 13.3 Å². The highest BCUT2D eigenvalue weighted by Gasteiger charge is 2.53. The van der Waals surface area contributed by atoms with Crippen molar-refractivity contribution in [3.05, 3.63) is 12.2 Å². The lowest BCUT2D eigenvalue weighted by atomic mass is 9.99. The number of allylic oxidation sites excluding steroid dienone is 2. The average molecular weight is 443 g/mol. The van der Waals surface area contributed by atoms with Crippen molar-refractivity contribution in [2.75, 3.05) is 21.1 Å². The maximum Gasteiger partial charge on any atom is 0.376 e. The van der Waals surface area contributed by atoms with E-state index in [-0.39, 0.29) is 0 Å². The summed E-state index contributed by atoms with van der Waals surface area (Å²) in [5.74, 6) is 0. The maximum atomic E-state index is 12.1. The number of nitrogens with zero attached hydrogens (tertiary/aromatic N) is 1. The molecular formula is C26H53NO2P+. The summed E-state index contributed by atoms with van der Waals surface area (Å²) in [6.07, 6.45) is 26.7. The van der Waals surface area contributed by atoms with Gasteiger partial charge in [0.25, 0.3) is 5.28 Å². The van der Waals surface area contributed by atoms with Crippen LogP contribution in [0.15, 0.2) is 12.2 Å². The predicted molar refractivity (Wildman–Crippen MR) is 132 cm³/mol. The van der Waals surface area contributed by atoms with E-state index in [1.165, 1.54) is 89.9 Å². The van der Waals surface area contributed by atoms with Gasteiger partial charge in [-0.05, 0) is 32.1 Å². The van der Waals surface area contributed by atoms with Crippen LogP contribution in [0.1, 0.15) is 129 Å². The van der Waals surface area contributed by atoms with E-state index >= 15 is 0 Å². The van der Waals surface area contributed by atoms with Crippen LogP contribution in [-0.2, 0) is 4.57 Å². The molecule has 2 unspecified atom stereocenters. The van der Waals surface area contributed by atoms with E-state index in [0.29, 0.717) is 4.48 Å². The minimum atomic E-state index is -2.42. The SMILES string of the molecule is CCC/C=C\CCCCCCCCCCCCCCC(CCC)([P+](=O)[O-])[N+](C)(C)C. The Morgan fingerprint density at radius 3 is 1.50 bits per heavy atom. The fourth-order valence-corrected chi connectivity index (χ4v) is 5.70. The van der Waals surface area contributed by atoms with E-state index in [4.69, 9.17) is 0 Å². The number of unbranched alkanes of at least 4 members (excludes halogenated alkanes) is 13. The third-order valence-corrected chi connectivity index (χ3v) is 8.29. The second-order valence-electron chi connectivity index (χ2n) is 10.0. The highest BCUT2D eigenvalue weighted by Crippen LogP contribution is 2.45. The summed E-state index contributed by atoms with van der Waals surface area (Å²) in [5.41, 5.74) is 0. The molecule has 0 aromatic rings. The largest absolute Gasteiger partial charge is 0.590 e. The van der Waals surface area contributed by atoms with Gasteiger partial charge < -0.3 is 4.89 Å². The summed E-state index contributed by atoms with van der Waals surface area (Å²) < 4.78 is 12.6. The highest BCUT2D eigenvalue weighted by molar-refractivity contribution is 7.38. The molecule has 3 nitrogen and oxygen atoms in total. The Labute approximate surface area is 190 Å². The van der Waals surface area contributed by atoms with E-state index in [2.05, 4.69) is 26.0 Å². The molecule has 0 rings (SSSR count). The molecule has 0 aliphatic carbocycles. The molecule has 0 fully saturated rings. The minimum Gasteiger partial charge on any atom is -0.590 e. The number of hydrogen-bond donors (Lipinski definition) is 0. The zero-order valence-corrected chi connectivity index (χ0v) is 22.0. The van der Waals surface area contributed by atoms with Gasteiger partial charge in [0.15, 0.2) is 0 Å².